The molecule has 19 heavy (non-hydrogen) atoms. The Labute approximate surface area is 114 Å². The summed E-state index contributed by atoms with van der Waals surface area (Å²) >= 11 is 0. The number of hydrogen-bond donors (Lipinski definition) is 0. The largest absolute Gasteiger partial charge is 0.377 e. The van der Waals surface area contributed by atoms with E-state index in [9.17, 15) is 4.79 Å². The Morgan fingerprint density at radius 2 is 2.32 bits per heavy atom. The van der Waals surface area contributed by atoms with Crippen molar-refractivity contribution in [2.75, 3.05) is 18.6 Å². The average molecular weight is 265 g/mol. The lowest BCUT2D eigenvalue weighted by atomic mass is 9.86. The highest BCUT2D eigenvalue weighted by Gasteiger charge is 2.36. The minimum atomic E-state index is -0.0549. The molecule has 0 unspecified atom stereocenters. The number of aryl methyl sites for hydroxylation is 1. The van der Waals surface area contributed by atoms with Crippen molar-refractivity contribution in [2.45, 2.75) is 32.8 Å². The fourth-order valence-corrected chi connectivity index (χ4v) is 2.67. The number of aromatic nitrogens is 2. The summed E-state index contributed by atoms with van der Waals surface area (Å²) in [6.07, 6.45) is 3.72. The maximum Gasteiger partial charge on any atom is 0.233 e. The van der Waals surface area contributed by atoms with Crippen LogP contribution >= 0.6 is 0 Å². The van der Waals surface area contributed by atoms with Crippen LogP contribution in [0.1, 0.15) is 26.7 Å². The highest BCUT2D eigenvalue weighted by Crippen LogP contribution is 2.28. The van der Waals surface area contributed by atoms with Gasteiger partial charge in [-0.3, -0.25) is 14.4 Å². The summed E-state index contributed by atoms with van der Waals surface area (Å²) in [6, 6.07) is 1.85. The van der Waals surface area contributed by atoms with Gasteiger partial charge in [0, 0.05) is 33.0 Å². The molecule has 0 saturated carbocycles. The molecule has 5 nitrogen and oxygen atoms in total. The number of carbonyl (C=O) groups is 1. The SMILES string of the molecule is CC(C)[C@@H]1OCCC[C@H]1C(=O)N(C)c1ccn(C)n1. The van der Waals surface area contributed by atoms with Crippen molar-refractivity contribution < 1.29 is 9.53 Å². The van der Waals surface area contributed by atoms with E-state index in [1.54, 1.807) is 16.6 Å². The van der Waals surface area contributed by atoms with Gasteiger partial charge in [0.1, 0.15) is 0 Å². The van der Waals surface area contributed by atoms with Crippen molar-refractivity contribution in [1.82, 2.24) is 9.78 Å². The lowest BCUT2D eigenvalue weighted by Crippen LogP contribution is -2.44. The molecule has 0 N–H and O–H groups in total. The molecule has 0 radical (unpaired) electrons. The predicted molar refractivity (Wildman–Crippen MR) is 73.9 cm³/mol. The molecular weight excluding hydrogens is 242 g/mol. The van der Waals surface area contributed by atoms with E-state index in [2.05, 4.69) is 18.9 Å². The molecule has 1 aliphatic rings. The molecular formula is C14H23N3O2. The highest BCUT2D eigenvalue weighted by molar-refractivity contribution is 5.94. The van der Waals surface area contributed by atoms with Crippen LogP contribution in [-0.2, 0) is 16.6 Å². The second-order valence-corrected chi connectivity index (χ2v) is 5.57. The lowest BCUT2D eigenvalue weighted by molar-refractivity contribution is -0.134. The van der Waals surface area contributed by atoms with Crippen molar-refractivity contribution in [3.05, 3.63) is 12.3 Å². The predicted octanol–water partition coefficient (Wildman–Crippen LogP) is 1.83. The first-order valence-corrected chi connectivity index (χ1v) is 6.89. The summed E-state index contributed by atoms with van der Waals surface area (Å²) < 4.78 is 7.50. The van der Waals surface area contributed by atoms with Gasteiger partial charge < -0.3 is 4.74 Å². The number of amides is 1. The number of rotatable bonds is 3. The van der Waals surface area contributed by atoms with Crippen molar-refractivity contribution in [3.8, 4) is 0 Å². The van der Waals surface area contributed by atoms with Crippen molar-refractivity contribution in [3.63, 3.8) is 0 Å². The zero-order valence-electron chi connectivity index (χ0n) is 12.2. The quantitative estimate of drug-likeness (QED) is 0.837. The Hall–Kier alpha value is -1.36. The second-order valence-electron chi connectivity index (χ2n) is 5.57. The van der Waals surface area contributed by atoms with Crippen LogP contribution < -0.4 is 4.90 Å². The van der Waals surface area contributed by atoms with Gasteiger partial charge in [0.15, 0.2) is 5.82 Å². The van der Waals surface area contributed by atoms with Crippen LogP contribution in [0.5, 0.6) is 0 Å². The molecule has 1 aromatic rings. The van der Waals surface area contributed by atoms with Gasteiger partial charge in [-0.15, -0.1) is 0 Å². The molecule has 0 spiro atoms. The summed E-state index contributed by atoms with van der Waals surface area (Å²) in [5.74, 6) is 1.10. The van der Waals surface area contributed by atoms with E-state index in [0.717, 1.165) is 19.4 Å². The highest BCUT2D eigenvalue weighted by atomic mass is 16.5. The van der Waals surface area contributed by atoms with Crippen LogP contribution in [0.15, 0.2) is 12.3 Å². The fraction of sp³-hybridized carbons (Fsp3) is 0.714. The maximum atomic E-state index is 12.6. The van der Waals surface area contributed by atoms with Gasteiger partial charge in [0.2, 0.25) is 5.91 Å². The third kappa shape index (κ3) is 2.97. The lowest BCUT2D eigenvalue weighted by Gasteiger charge is -2.35. The van der Waals surface area contributed by atoms with Crippen LogP contribution in [0.25, 0.3) is 0 Å². The van der Waals surface area contributed by atoms with Gasteiger partial charge in [-0.05, 0) is 18.8 Å². The monoisotopic (exact) mass is 265 g/mol. The summed E-state index contributed by atoms with van der Waals surface area (Å²) in [7, 11) is 3.64. The summed E-state index contributed by atoms with van der Waals surface area (Å²) in [5.41, 5.74) is 0. The van der Waals surface area contributed by atoms with E-state index in [1.165, 1.54) is 0 Å². The second kappa shape index (κ2) is 5.74. The van der Waals surface area contributed by atoms with Gasteiger partial charge in [0.25, 0.3) is 0 Å². The molecule has 0 aromatic carbocycles. The molecule has 1 saturated heterocycles. The van der Waals surface area contributed by atoms with Crippen LogP contribution in [0.2, 0.25) is 0 Å². The Morgan fingerprint density at radius 3 is 2.89 bits per heavy atom. The Balaban J connectivity index is 2.12. The number of ether oxygens (including phenoxy) is 1. The Bertz CT molecular complexity index is 442. The summed E-state index contributed by atoms with van der Waals surface area (Å²) in [6.45, 7) is 4.98. The molecule has 0 aliphatic carbocycles. The molecule has 1 aliphatic heterocycles. The first-order chi connectivity index (χ1) is 9.00. The van der Waals surface area contributed by atoms with Gasteiger partial charge in [-0.2, -0.15) is 5.10 Å². The molecule has 2 atom stereocenters. The van der Waals surface area contributed by atoms with Gasteiger partial charge in [0.05, 0.1) is 12.0 Å². The van der Waals surface area contributed by atoms with Gasteiger partial charge in [-0.25, -0.2) is 0 Å². The molecule has 106 valence electrons. The molecule has 1 aromatic heterocycles. The Morgan fingerprint density at radius 1 is 1.58 bits per heavy atom. The summed E-state index contributed by atoms with van der Waals surface area (Å²) in [5, 5.41) is 4.28. The van der Waals surface area contributed by atoms with E-state index in [4.69, 9.17) is 4.74 Å². The van der Waals surface area contributed by atoms with Crippen LogP contribution in [0.3, 0.4) is 0 Å². The van der Waals surface area contributed by atoms with E-state index < -0.39 is 0 Å². The third-order valence-electron chi connectivity index (χ3n) is 3.71. The first kappa shape index (κ1) is 14.1. The molecule has 2 rings (SSSR count). The van der Waals surface area contributed by atoms with E-state index in [-0.39, 0.29) is 17.9 Å². The first-order valence-electron chi connectivity index (χ1n) is 6.89. The number of nitrogens with zero attached hydrogens (tertiary/aromatic N) is 3. The minimum Gasteiger partial charge on any atom is -0.377 e. The van der Waals surface area contributed by atoms with Crippen molar-refractivity contribution in [2.24, 2.45) is 18.9 Å². The van der Waals surface area contributed by atoms with Crippen molar-refractivity contribution >= 4 is 11.7 Å². The zero-order chi connectivity index (χ0) is 14.0. The molecule has 2 heterocycles. The normalized spacial score (nSPS) is 23.6. The van der Waals surface area contributed by atoms with Crippen molar-refractivity contribution in [1.29, 1.82) is 0 Å². The fourth-order valence-electron chi connectivity index (χ4n) is 2.67. The Kier molecular flexibility index (Phi) is 4.24. The smallest absolute Gasteiger partial charge is 0.233 e. The van der Waals surface area contributed by atoms with Crippen LogP contribution in [0, 0.1) is 11.8 Å². The molecule has 0 bridgehead atoms. The molecule has 1 fully saturated rings. The number of anilines is 1. The molecule has 5 heteroatoms. The van der Waals surface area contributed by atoms with E-state index in [1.807, 2.05) is 19.3 Å². The van der Waals surface area contributed by atoms with Crippen LogP contribution in [-0.4, -0.2) is 35.4 Å². The maximum absolute atomic E-state index is 12.6. The standard InChI is InChI=1S/C14H23N3O2/c1-10(2)13-11(6-5-9-19-13)14(18)17(4)12-7-8-16(3)15-12/h7-8,10-11,13H,5-6,9H2,1-4H3/t11-,13+/m1/s1. The average Bonchev–Trinajstić information content (AvgIpc) is 2.83. The number of carbonyl (C=O) groups excluding carboxylic acids is 1. The zero-order valence-corrected chi connectivity index (χ0v) is 12.2. The van der Waals surface area contributed by atoms with Gasteiger partial charge in [-0.1, -0.05) is 13.8 Å². The van der Waals surface area contributed by atoms with Crippen LogP contribution in [0.4, 0.5) is 5.82 Å². The van der Waals surface area contributed by atoms with E-state index in [0.29, 0.717) is 11.7 Å². The summed E-state index contributed by atoms with van der Waals surface area (Å²) in [4.78, 5) is 14.3. The van der Waals surface area contributed by atoms with Gasteiger partial charge >= 0.3 is 0 Å². The molecule has 1 amide bonds. The van der Waals surface area contributed by atoms with E-state index >= 15 is 0 Å². The number of hydrogen-bond acceptors (Lipinski definition) is 3. The topological polar surface area (TPSA) is 47.4 Å². The third-order valence-corrected chi connectivity index (χ3v) is 3.71. The minimum absolute atomic E-state index is 0.0208.